The van der Waals surface area contributed by atoms with Crippen LogP contribution in [0, 0.1) is 10.1 Å². The minimum absolute atomic E-state index is 0.00468. The van der Waals surface area contributed by atoms with Crippen LogP contribution in [0.15, 0.2) is 84.9 Å². The van der Waals surface area contributed by atoms with Crippen LogP contribution in [0.25, 0.3) is 0 Å². The highest BCUT2D eigenvalue weighted by Gasteiger charge is 2.21. The SMILES string of the molecule is CC(=O)c1ccc(Nc2cccc(N3CCN(C(C)=O)CC3)c2)c(N)c1.CC(=O)c1ccc(Nc2cccc(N3CCN(C(C)=O)CC3)c2)c([N+](=O)[O-])c1. The predicted molar refractivity (Wildman–Crippen MR) is 212 cm³/mol. The van der Waals surface area contributed by atoms with Crippen LogP contribution in [0.5, 0.6) is 0 Å². The molecule has 2 saturated heterocycles. The van der Waals surface area contributed by atoms with E-state index < -0.39 is 4.92 Å². The van der Waals surface area contributed by atoms with E-state index in [1.807, 2.05) is 52.3 Å². The molecule has 0 atom stereocenters. The van der Waals surface area contributed by atoms with Gasteiger partial charge in [0, 0.05) is 106 Å². The Kier molecular flexibility index (Phi) is 12.5. The van der Waals surface area contributed by atoms with E-state index in [9.17, 15) is 29.3 Å². The van der Waals surface area contributed by atoms with Gasteiger partial charge in [-0.05, 0) is 80.6 Å². The largest absolute Gasteiger partial charge is 0.397 e. The maximum absolute atomic E-state index is 11.5. The van der Waals surface area contributed by atoms with Gasteiger partial charge in [0.25, 0.3) is 5.69 Å². The lowest BCUT2D eigenvalue weighted by molar-refractivity contribution is -0.383. The topological polar surface area (TPSA) is 174 Å². The number of nitro groups is 1. The molecule has 6 rings (SSSR count). The number of nitrogens with one attached hydrogen (secondary N) is 2. The van der Waals surface area contributed by atoms with E-state index in [0.29, 0.717) is 41.3 Å². The first-order valence-corrected chi connectivity index (χ1v) is 17.7. The molecule has 4 N–H and O–H groups in total. The molecule has 4 aromatic rings. The number of hydrogen-bond acceptors (Lipinski definition) is 11. The Morgan fingerprint density at radius 1 is 0.593 bits per heavy atom. The van der Waals surface area contributed by atoms with Crippen molar-refractivity contribution in [3.63, 3.8) is 0 Å². The molecule has 0 bridgehead atoms. The number of amides is 2. The molecule has 2 aliphatic rings. The Balaban J connectivity index is 0.000000208. The molecule has 2 heterocycles. The molecule has 0 unspecified atom stereocenters. The minimum Gasteiger partial charge on any atom is -0.397 e. The van der Waals surface area contributed by atoms with Crippen molar-refractivity contribution in [1.82, 2.24) is 9.80 Å². The monoisotopic (exact) mass is 734 g/mol. The zero-order chi connectivity index (χ0) is 38.9. The molecule has 2 amide bonds. The molecule has 2 aliphatic heterocycles. The van der Waals surface area contributed by atoms with Crippen LogP contribution in [0.4, 0.5) is 45.5 Å². The fraction of sp³-hybridized carbons (Fsp3) is 0.300. The molecule has 0 spiro atoms. The number of benzene rings is 4. The smallest absolute Gasteiger partial charge is 0.293 e. The van der Waals surface area contributed by atoms with E-state index in [1.165, 1.54) is 19.9 Å². The van der Waals surface area contributed by atoms with Crippen LogP contribution in [-0.4, -0.2) is 90.5 Å². The van der Waals surface area contributed by atoms with Crippen molar-refractivity contribution in [3.8, 4) is 0 Å². The summed E-state index contributed by atoms with van der Waals surface area (Å²) in [5.41, 5.74) is 12.2. The minimum atomic E-state index is -0.500. The molecule has 2 fully saturated rings. The lowest BCUT2D eigenvalue weighted by Crippen LogP contribution is -2.48. The van der Waals surface area contributed by atoms with E-state index in [4.69, 9.17) is 5.73 Å². The van der Waals surface area contributed by atoms with E-state index in [0.717, 1.165) is 62.0 Å². The zero-order valence-corrected chi connectivity index (χ0v) is 31.0. The maximum Gasteiger partial charge on any atom is 0.293 e. The summed E-state index contributed by atoms with van der Waals surface area (Å²) in [6.45, 7) is 12.0. The third-order valence-electron chi connectivity index (χ3n) is 9.49. The van der Waals surface area contributed by atoms with Crippen molar-refractivity contribution < 1.29 is 24.1 Å². The Labute approximate surface area is 314 Å². The fourth-order valence-corrected chi connectivity index (χ4v) is 6.33. The van der Waals surface area contributed by atoms with Crippen molar-refractivity contribution in [3.05, 3.63) is 106 Å². The number of ketones is 2. The lowest BCUT2D eigenvalue weighted by atomic mass is 10.1. The third-order valence-corrected chi connectivity index (χ3v) is 9.49. The summed E-state index contributed by atoms with van der Waals surface area (Å²) < 4.78 is 0. The highest BCUT2D eigenvalue weighted by molar-refractivity contribution is 5.96. The summed E-state index contributed by atoms with van der Waals surface area (Å²) in [4.78, 5) is 64.9. The summed E-state index contributed by atoms with van der Waals surface area (Å²) in [6.07, 6.45) is 0. The van der Waals surface area contributed by atoms with Crippen molar-refractivity contribution in [2.24, 2.45) is 0 Å². The highest BCUT2D eigenvalue weighted by atomic mass is 16.6. The van der Waals surface area contributed by atoms with Gasteiger partial charge in [0.1, 0.15) is 5.69 Å². The van der Waals surface area contributed by atoms with Gasteiger partial charge < -0.3 is 36.0 Å². The number of nitrogens with zero attached hydrogens (tertiary/aromatic N) is 5. The number of hydrogen-bond donors (Lipinski definition) is 3. The molecule has 4 aromatic carbocycles. The predicted octanol–water partition coefficient (Wildman–Crippen LogP) is 6.09. The summed E-state index contributed by atoms with van der Waals surface area (Å²) >= 11 is 0. The average molecular weight is 735 g/mol. The average Bonchev–Trinajstić information content (AvgIpc) is 3.16. The second-order valence-corrected chi connectivity index (χ2v) is 13.2. The standard InChI is InChI=1S/C20H22N4O4.C20H24N4O2/c1-14(25)16-6-7-19(20(12-16)24(27)28)21-17-4-3-5-18(13-17)23-10-8-22(9-11-23)15(2)26;1-14(25)16-6-7-20(19(21)12-16)22-17-4-3-5-18(13-17)24-10-8-23(9-11-24)15(2)26/h3-7,12-13,21H,8-11H2,1-2H3;3-7,12-13,22H,8-11,21H2,1-2H3. The first-order valence-electron chi connectivity index (χ1n) is 17.7. The summed E-state index contributed by atoms with van der Waals surface area (Å²) in [7, 11) is 0. The number of carbonyl (C=O) groups excluding carboxylic acids is 4. The molecular weight excluding hydrogens is 688 g/mol. The van der Waals surface area contributed by atoms with E-state index >= 15 is 0 Å². The van der Waals surface area contributed by atoms with Crippen molar-refractivity contribution >= 4 is 68.9 Å². The van der Waals surface area contributed by atoms with E-state index in [2.05, 4.69) is 32.6 Å². The van der Waals surface area contributed by atoms with Crippen LogP contribution in [-0.2, 0) is 9.59 Å². The number of Topliss-reactive ketones (excluding diaryl/α,β-unsaturated/α-hetero) is 2. The van der Waals surface area contributed by atoms with Crippen LogP contribution in [0.1, 0.15) is 48.4 Å². The molecule has 0 aliphatic carbocycles. The van der Waals surface area contributed by atoms with Crippen molar-refractivity contribution in [2.45, 2.75) is 27.7 Å². The number of carbonyl (C=O) groups is 4. The quantitative estimate of drug-likeness (QED) is 0.0785. The van der Waals surface area contributed by atoms with E-state index in [1.54, 1.807) is 38.1 Å². The van der Waals surface area contributed by atoms with Crippen LogP contribution in [0.2, 0.25) is 0 Å². The molecule has 0 aromatic heterocycles. The second-order valence-electron chi connectivity index (χ2n) is 13.2. The zero-order valence-electron chi connectivity index (χ0n) is 31.0. The first kappa shape index (κ1) is 38.8. The molecule has 0 saturated carbocycles. The summed E-state index contributed by atoms with van der Waals surface area (Å²) in [5, 5.41) is 17.8. The molecule has 0 radical (unpaired) electrons. The summed E-state index contributed by atoms with van der Waals surface area (Å²) in [5.74, 6) is -0.0164. The van der Waals surface area contributed by atoms with Crippen LogP contribution in [0.3, 0.4) is 0 Å². The van der Waals surface area contributed by atoms with E-state index in [-0.39, 0.29) is 29.1 Å². The van der Waals surface area contributed by atoms with Gasteiger partial charge in [-0.2, -0.15) is 0 Å². The second kappa shape index (κ2) is 17.4. The normalized spacial score (nSPS) is 14.1. The van der Waals surface area contributed by atoms with Gasteiger partial charge in [0.15, 0.2) is 11.6 Å². The number of rotatable bonds is 9. The Bertz CT molecular complexity index is 2040. The van der Waals surface area contributed by atoms with Gasteiger partial charge in [-0.1, -0.05) is 12.1 Å². The van der Waals surface area contributed by atoms with Gasteiger partial charge in [-0.25, -0.2) is 0 Å². The van der Waals surface area contributed by atoms with Crippen LogP contribution < -0.4 is 26.2 Å². The number of nitrogens with two attached hydrogens (primary N) is 1. The van der Waals surface area contributed by atoms with Gasteiger partial charge in [0.2, 0.25) is 11.8 Å². The maximum atomic E-state index is 11.5. The Morgan fingerprint density at radius 2 is 1.02 bits per heavy atom. The molecule has 14 heteroatoms. The number of piperazine rings is 2. The van der Waals surface area contributed by atoms with Gasteiger partial charge in [-0.3, -0.25) is 29.3 Å². The number of nitro benzene ring substituents is 1. The Morgan fingerprint density at radius 3 is 1.43 bits per heavy atom. The van der Waals surface area contributed by atoms with Crippen molar-refractivity contribution in [1.29, 1.82) is 0 Å². The van der Waals surface area contributed by atoms with Gasteiger partial charge in [0.05, 0.1) is 16.3 Å². The van der Waals surface area contributed by atoms with Crippen LogP contribution >= 0.6 is 0 Å². The van der Waals surface area contributed by atoms with Gasteiger partial charge in [-0.15, -0.1) is 0 Å². The summed E-state index contributed by atoms with van der Waals surface area (Å²) in [6, 6.07) is 25.4. The first-order chi connectivity index (χ1) is 25.8. The molecule has 54 heavy (non-hydrogen) atoms. The number of anilines is 7. The van der Waals surface area contributed by atoms with Crippen molar-refractivity contribution in [2.75, 3.05) is 78.5 Å². The molecular formula is C40H46N8O6. The number of nitrogen functional groups attached to an aromatic ring is 1. The molecule has 282 valence electrons. The Hall–Kier alpha value is -6.44. The third kappa shape index (κ3) is 9.91. The fourth-order valence-electron chi connectivity index (χ4n) is 6.33. The molecule has 14 nitrogen and oxygen atoms in total. The van der Waals surface area contributed by atoms with Gasteiger partial charge >= 0.3 is 0 Å². The highest BCUT2D eigenvalue weighted by Crippen LogP contribution is 2.31. The lowest BCUT2D eigenvalue weighted by Gasteiger charge is -2.35.